The lowest BCUT2D eigenvalue weighted by molar-refractivity contribution is 0.0946. The SMILES string of the molecule is Cc1cc(C)cc(-n2c(C)cc(C(=O)NCCN3CCNCC3)c2C)c1. The van der Waals surface area contributed by atoms with Crippen molar-refractivity contribution in [2.24, 2.45) is 0 Å². The Balaban J connectivity index is 1.71. The van der Waals surface area contributed by atoms with Gasteiger partial charge in [-0.15, -0.1) is 0 Å². The molecular weight excluding hydrogens is 324 g/mol. The molecule has 0 bridgehead atoms. The minimum Gasteiger partial charge on any atom is -0.351 e. The number of hydrogen-bond donors (Lipinski definition) is 2. The Kier molecular flexibility index (Phi) is 5.79. The molecule has 1 fully saturated rings. The van der Waals surface area contributed by atoms with Crippen LogP contribution >= 0.6 is 0 Å². The van der Waals surface area contributed by atoms with E-state index in [1.54, 1.807) is 0 Å². The fraction of sp³-hybridized carbons (Fsp3) is 0.476. The number of aromatic nitrogens is 1. The zero-order valence-corrected chi connectivity index (χ0v) is 16.4. The van der Waals surface area contributed by atoms with E-state index in [9.17, 15) is 4.79 Å². The second kappa shape index (κ2) is 8.06. The average Bonchev–Trinajstić information content (AvgIpc) is 2.89. The first kappa shape index (κ1) is 18.7. The van der Waals surface area contributed by atoms with E-state index >= 15 is 0 Å². The van der Waals surface area contributed by atoms with Crippen LogP contribution in [0.3, 0.4) is 0 Å². The molecule has 1 aliphatic heterocycles. The highest BCUT2D eigenvalue weighted by Crippen LogP contribution is 2.22. The van der Waals surface area contributed by atoms with Gasteiger partial charge in [-0.1, -0.05) is 6.07 Å². The molecule has 26 heavy (non-hydrogen) atoms. The van der Waals surface area contributed by atoms with Crippen LogP contribution in [0.5, 0.6) is 0 Å². The van der Waals surface area contributed by atoms with E-state index < -0.39 is 0 Å². The van der Waals surface area contributed by atoms with Gasteiger partial charge in [-0.05, 0) is 57.0 Å². The van der Waals surface area contributed by atoms with Crippen molar-refractivity contribution in [3.8, 4) is 5.69 Å². The first-order chi connectivity index (χ1) is 12.5. The van der Waals surface area contributed by atoms with Crippen molar-refractivity contribution in [1.29, 1.82) is 0 Å². The molecule has 0 spiro atoms. The highest BCUT2D eigenvalue weighted by Gasteiger charge is 2.17. The van der Waals surface area contributed by atoms with E-state index in [2.05, 4.69) is 59.1 Å². The van der Waals surface area contributed by atoms with Gasteiger partial charge in [-0.25, -0.2) is 0 Å². The van der Waals surface area contributed by atoms with E-state index in [-0.39, 0.29) is 5.91 Å². The fourth-order valence-electron chi connectivity index (χ4n) is 3.83. The minimum atomic E-state index is 0.0175. The number of nitrogens with one attached hydrogen (secondary N) is 2. The van der Waals surface area contributed by atoms with Gasteiger partial charge >= 0.3 is 0 Å². The maximum atomic E-state index is 12.7. The van der Waals surface area contributed by atoms with Gasteiger partial charge in [0.05, 0.1) is 5.56 Å². The van der Waals surface area contributed by atoms with Crippen molar-refractivity contribution in [3.05, 3.63) is 52.3 Å². The van der Waals surface area contributed by atoms with Crippen molar-refractivity contribution in [2.45, 2.75) is 27.7 Å². The third kappa shape index (κ3) is 4.17. The summed E-state index contributed by atoms with van der Waals surface area (Å²) in [5.41, 5.74) is 6.43. The Hall–Kier alpha value is -2.11. The summed E-state index contributed by atoms with van der Waals surface area (Å²) in [4.78, 5) is 15.1. The number of benzene rings is 1. The Morgan fingerprint density at radius 2 is 1.69 bits per heavy atom. The second-order valence-electron chi connectivity index (χ2n) is 7.31. The maximum Gasteiger partial charge on any atom is 0.253 e. The molecule has 2 N–H and O–H groups in total. The highest BCUT2D eigenvalue weighted by atomic mass is 16.1. The first-order valence-electron chi connectivity index (χ1n) is 9.44. The van der Waals surface area contributed by atoms with Crippen molar-refractivity contribution >= 4 is 5.91 Å². The Bertz CT molecular complexity index is 767. The number of amides is 1. The smallest absolute Gasteiger partial charge is 0.253 e. The summed E-state index contributed by atoms with van der Waals surface area (Å²) >= 11 is 0. The van der Waals surface area contributed by atoms with E-state index in [1.165, 1.54) is 11.1 Å². The monoisotopic (exact) mass is 354 g/mol. The van der Waals surface area contributed by atoms with Crippen LogP contribution < -0.4 is 10.6 Å². The lowest BCUT2D eigenvalue weighted by Gasteiger charge is -2.27. The third-order valence-electron chi connectivity index (χ3n) is 5.06. The lowest BCUT2D eigenvalue weighted by atomic mass is 10.1. The molecule has 5 heteroatoms. The van der Waals surface area contributed by atoms with Crippen molar-refractivity contribution < 1.29 is 4.79 Å². The van der Waals surface area contributed by atoms with Gasteiger partial charge in [-0.3, -0.25) is 9.69 Å². The van der Waals surface area contributed by atoms with Gasteiger partial charge < -0.3 is 15.2 Å². The lowest BCUT2D eigenvalue weighted by Crippen LogP contribution is -2.46. The summed E-state index contributed by atoms with van der Waals surface area (Å²) in [5, 5.41) is 6.44. The predicted octanol–water partition coefficient (Wildman–Crippen LogP) is 2.35. The number of aryl methyl sites for hydroxylation is 3. The third-order valence-corrected chi connectivity index (χ3v) is 5.06. The van der Waals surface area contributed by atoms with Crippen LogP contribution in [0.1, 0.15) is 32.9 Å². The van der Waals surface area contributed by atoms with E-state index in [0.29, 0.717) is 6.54 Å². The molecular formula is C21H30N4O. The van der Waals surface area contributed by atoms with Gasteiger partial charge in [-0.2, -0.15) is 0 Å². The van der Waals surface area contributed by atoms with Gasteiger partial charge in [0.2, 0.25) is 0 Å². The maximum absolute atomic E-state index is 12.7. The molecule has 0 aliphatic carbocycles. The molecule has 0 unspecified atom stereocenters. The molecule has 5 nitrogen and oxygen atoms in total. The predicted molar refractivity (Wildman–Crippen MR) is 106 cm³/mol. The van der Waals surface area contributed by atoms with Gasteiger partial charge in [0, 0.05) is 56.3 Å². The zero-order chi connectivity index (χ0) is 18.7. The molecule has 2 heterocycles. The van der Waals surface area contributed by atoms with Crippen molar-refractivity contribution in [1.82, 2.24) is 20.1 Å². The number of hydrogen-bond acceptors (Lipinski definition) is 3. The topological polar surface area (TPSA) is 49.3 Å². The Morgan fingerprint density at radius 3 is 2.35 bits per heavy atom. The van der Waals surface area contributed by atoms with Crippen LogP contribution in [-0.4, -0.2) is 54.6 Å². The zero-order valence-electron chi connectivity index (χ0n) is 16.4. The van der Waals surface area contributed by atoms with Crippen LogP contribution in [0.15, 0.2) is 24.3 Å². The minimum absolute atomic E-state index is 0.0175. The summed E-state index contributed by atoms with van der Waals surface area (Å²) < 4.78 is 2.17. The molecule has 0 saturated carbocycles. The van der Waals surface area contributed by atoms with Crippen LogP contribution in [0.25, 0.3) is 5.69 Å². The molecule has 1 aliphatic rings. The Morgan fingerprint density at radius 1 is 1.04 bits per heavy atom. The summed E-state index contributed by atoms with van der Waals surface area (Å²) in [6.45, 7) is 14.1. The molecule has 0 atom stereocenters. The van der Waals surface area contributed by atoms with Crippen LogP contribution in [0.4, 0.5) is 0 Å². The number of carbonyl (C=O) groups is 1. The molecule has 0 radical (unpaired) electrons. The fourth-order valence-corrected chi connectivity index (χ4v) is 3.83. The standard InChI is InChI=1S/C21H30N4O/c1-15-11-16(2)13-19(12-15)25-17(3)14-20(18(25)4)21(26)23-7-10-24-8-5-22-6-9-24/h11-14,22H,5-10H2,1-4H3,(H,23,26). The average molecular weight is 354 g/mol. The molecule has 1 saturated heterocycles. The van der Waals surface area contributed by atoms with E-state index in [0.717, 1.165) is 55.4 Å². The van der Waals surface area contributed by atoms with E-state index in [1.807, 2.05) is 13.0 Å². The van der Waals surface area contributed by atoms with Gasteiger partial charge in [0.25, 0.3) is 5.91 Å². The summed E-state index contributed by atoms with van der Waals surface area (Å²) in [6, 6.07) is 8.49. The highest BCUT2D eigenvalue weighted by molar-refractivity contribution is 5.95. The van der Waals surface area contributed by atoms with Crippen molar-refractivity contribution in [2.75, 3.05) is 39.3 Å². The number of piperazine rings is 1. The molecule has 3 rings (SSSR count). The number of rotatable bonds is 5. The largest absolute Gasteiger partial charge is 0.351 e. The summed E-state index contributed by atoms with van der Waals surface area (Å²) in [6.07, 6.45) is 0. The van der Waals surface area contributed by atoms with Crippen LogP contribution in [0, 0.1) is 27.7 Å². The normalized spacial score (nSPS) is 15.2. The summed E-state index contributed by atoms with van der Waals surface area (Å²) in [5.74, 6) is 0.0175. The molecule has 1 amide bonds. The second-order valence-corrected chi connectivity index (χ2v) is 7.31. The Labute approximate surface area is 156 Å². The van der Waals surface area contributed by atoms with Crippen LogP contribution in [0.2, 0.25) is 0 Å². The quantitative estimate of drug-likeness (QED) is 0.867. The van der Waals surface area contributed by atoms with Gasteiger partial charge in [0.1, 0.15) is 0 Å². The van der Waals surface area contributed by atoms with Crippen molar-refractivity contribution in [3.63, 3.8) is 0 Å². The number of nitrogens with zero attached hydrogens (tertiary/aromatic N) is 2. The van der Waals surface area contributed by atoms with E-state index in [4.69, 9.17) is 0 Å². The molecule has 1 aromatic carbocycles. The molecule has 1 aromatic heterocycles. The molecule has 140 valence electrons. The summed E-state index contributed by atoms with van der Waals surface area (Å²) in [7, 11) is 0. The molecule has 2 aromatic rings. The van der Waals surface area contributed by atoms with Crippen LogP contribution in [-0.2, 0) is 0 Å². The van der Waals surface area contributed by atoms with Gasteiger partial charge in [0.15, 0.2) is 0 Å². The first-order valence-corrected chi connectivity index (χ1v) is 9.44. The number of carbonyl (C=O) groups excluding carboxylic acids is 1.